The Labute approximate surface area is 252 Å². The minimum Gasteiger partial charge on any atom is -0.357 e. The van der Waals surface area contributed by atoms with Gasteiger partial charge < -0.3 is 10.2 Å². The number of nitrogens with one attached hydrogen (secondary N) is 1. The van der Waals surface area contributed by atoms with Crippen molar-refractivity contribution in [2.75, 3.05) is 10.2 Å². The van der Waals surface area contributed by atoms with Gasteiger partial charge in [-0.25, -0.2) is 0 Å². The maximum absolute atomic E-state index is 14.2. The Morgan fingerprint density at radius 2 is 1.51 bits per heavy atom. The average molecular weight is 589 g/mol. The Balaban J connectivity index is 1.63. The molecular weight excluding hydrogens is 549 g/mol. The first-order chi connectivity index (χ1) is 20.4. The average Bonchev–Trinajstić information content (AvgIpc) is 3.11. The van der Waals surface area contributed by atoms with E-state index in [1.54, 1.807) is 4.90 Å². The van der Waals surface area contributed by atoms with E-state index in [9.17, 15) is 22.8 Å². The molecule has 0 fully saturated rings. The molecule has 1 aliphatic heterocycles. The topological polar surface area (TPSA) is 49.4 Å². The number of anilines is 2. The van der Waals surface area contributed by atoms with Gasteiger partial charge in [0, 0.05) is 24.5 Å². The smallest absolute Gasteiger partial charge is 0.357 e. The number of nitrogens with zero attached hydrogens (tertiary/aromatic N) is 1. The number of ketones is 1. The fourth-order valence-corrected chi connectivity index (χ4v) is 6.20. The van der Waals surface area contributed by atoms with Gasteiger partial charge in [-0.2, -0.15) is 13.2 Å². The summed E-state index contributed by atoms with van der Waals surface area (Å²) in [5, 5.41) is 3.48. The molecule has 1 heterocycles. The third-order valence-electron chi connectivity index (χ3n) is 8.57. The molecule has 1 N–H and O–H groups in total. The Morgan fingerprint density at radius 3 is 2.14 bits per heavy atom. The second-order valence-corrected chi connectivity index (χ2v) is 12.7. The first-order valence-corrected chi connectivity index (χ1v) is 15.1. The van der Waals surface area contributed by atoms with Crippen molar-refractivity contribution in [2.24, 2.45) is 5.92 Å². The lowest BCUT2D eigenvalue weighted by Crippen LogP contribution is -2.42. The summed E-state index contributed by atoms with van der Waals surface area (Å²) in [7, 11) is 0. The number of unbranched alkanes of at least 4 members (excludes halogenated alkanes) is 2. The summed E-state index contributed by atoms with van der Waals surface area (Å²) in [6.07, 6.45) is 0.602. The Kier molecular flexibility index (Phi) is 8.55. The minimum absolute atomic E-state index is 0.000955. The van der Waals surface area contributed by atoms with Crippen LogP contribution in [0.4, 0.5) is 24.5 Å². The summed E-state index contributed by atoms with van der Waals surface area (Å²) in [4.78, 5) is 29.8. The summed E-state index contributed by atoms with van der Waals surface area (Å²) in [6, 6.07) is 19.9. The van der Waals surface area contributed by atoms with Crippen LogP contribution >= 0.6 is 0 Å². The van der Waals surface area contributed by atoms with Crippen molar-refractivity contribution < 1.29 is 22.8 Å². The van der Waals surface area contributed by atoms with Crippen LogP contribution in [0, 0.1) is 5.92 Å². The highest BCUT2D eigenvalue weighted by Crippen LogP contribution is 2.48. The molecule has 0 radical (unpaired) electrons. The summed E-state index contributed by atoms with van der Waals surface area (Å²) in [6.45, 7) is 8.53. The Morgan fingerprint density at radius 1 is 0.884 bits per heavy atom. The van der Waals surface area contributed by atoms with Gasteiger partial charge in [0.25, 0.3) is 0 Å². The number of rotatable bonds is 6. The molecule has 7 heteroatoms. The number of allylic oxidation sites excluding steroid dienone is 1. The molecule has 0 saturated heterocycles. The molecule has 3 atom stereocenters. The molecule has 226 valence electrons. The van der Waals surface area contributed by atoms with Gasteiger partial charge in [0.15, 0.2) is 0 Å². The summed E-state index contributed by atoms with van der Waals surface area (Å²) in [5.41, 5.74) is 3.91. The van der Waals surface area contributed by atoms with Gasteiger partial charge in [0.05, 0.1) is 28.9 Å². The Hall–Kier alpha value is -3.87. The molecule has 1 aliphatic carbocycles. The van der Waals surface area contributed by atoms with Crippen molar-refractivity contribution in [1.29, 1.82) is 0 Å². The van der Waals surface area contributed by atoms with Crippen molar-refractivity contribution in [3.63, 3.8) is 0 Å². The fraction of sp³-hybridized carbons (Fsp3) is 0.389. The molecule has 0 spiro atoms. The molecular formula is C36H39F3N2O2. The number of para-hydroxylation sites is 2. The van der Waals surface area contributed by atoms with E-state index >= 15 is 0 Å². The van der Waals surface area contributed by atoms with Crippen LogP contribution in [0.2, 0.25) is 0 Å². The van der Waals surface area contributed by atoms with Crippen LogP contribution < -0.4 is 10.2 Å². The highest BCUT2D eigenvalue weighted by Gasteiger charge is 2.45. The number of hydrogen-bond acceptors (Lipinski definition) is 3. The van der Waals surface area contributed by atoms with Gasteiger partial charge in [-0.3, -0.25) is 9.59 Å². The number of carbonyl (C=O) groups is 2. The first-order valence-electron chi connectivity index (χ1n) is 15.1. The molecule has 3 aromatic carbocycles. The van der Waals surface area contributed by atoms with Crippen LogP contribution in [0.15, 0.2) is 84.6 Å². The summed E-state index contributed by atoms with van der Waals surface area (Å²) in [5.74, 6) is -1.14. The molecule has 0 aromatic heterocycles. The quantitative estimate of drug-likeness (QED) is 0.292. The highest BCUT2D eigenvalue weighted by atomic mass is 19.4. The molecule has 5 rings (SSSR count). The molecule has 0 bridgehead atoms. The van der Waals surface area contributed by atoms with Crippen LogP contribution in [0.1, 0.15) is 94.0 Å². The van der Waals surface area contributed by atoms with E-state index in [0.717, 1.165) is 30.5 Å². The lowest BCUT2D eigenvalue weighted by molar-refractivity contribution is -0.137. The van der Waals surface area contributed by atoms with Crippen LogP contribution in [0.25, 0.3) is 0 Å². The highest BCUT2D eigenvalue weighted by molar-refractivity contribution is 6.01. The van der Waals surface area contributed by atoms with Crippen LogP contribution in [-0.4, -0.2) is 11.7 Å². The zero-order valence-electron chi connectivity index (χ0n) is 25.2. The number of hydrogen-bond donors (Lipinski definition) is 1. The van der Waals surface area contributed by atoms with Crippen molar-refractivity contribution in [2.45, 2.75) is 83.4 Å². The number of fused-ring (bicyclic) bond motifs is 2. The van der Waals surface area contributed by atoms with Crippen molar-refractivity contribution >= 4 is 23.1 Å². The lowest BCUT2D eigenvalue weighted by atomic mass is 9.75. The van der Waals surface area contributed by atoms with Crippen LogP contribution in [0.5, 0.6) is 0 Å². The SMILES string of the molecule is CCCCCC(=O)N1c2ccccc2NC2=C[C@H](c3ccc(C(C)(C)C)cc3)CC(=O)[C@H]2[C@@H]1c1ccc(C(F)(F)F)cc1. The van der Waals surface area contributed by atoms with Gasteiger partial charge in [-0.05, 0) is 52.8 Å². The van der Waals surface area contributed by atoms with E-state index in [1.165, 1.54) is 17.7 Å². The molecule has 1 amide bonds. The minimum atomic E-state index is -4.49. The van der Waals surface area contributed by atoms with Crippen molar-refractivity contribution in [3.8, 4) is 0 Å². The van der Waals surface area contributed by atoms with Gasteiger partial charge >= 0.3 is 6.18 Å². The van der Waals surface area contributed by atoms with Crippen molar-refractivity contribution in [3.05, 3.63) is 107 Å². The zero-order chi connectivity index (χ0) is 30.9. The number of halogens is 3. The van der Waals surface area contributed by atoms with E-state index in [1.807, 2.05) is 24.3 Å². The maximum Gasteiger partial charge on any atom is 0.416 e. The van der Waals surface area contributed by atoms with Gasteiger partial charge in [-0.15, -0.1) is 0 Å². The number of Topliss-reactive ketones (excluding diaryl/α,β-unsaturated/α-hetero) is 1. The molecule has 0 saturated carbocycles. The maximum atomic E-state index is 14.2. The second kappa shape index (κ2) is 12.0. The Bertz CT molecular complexity index is 1500. The number of benzene rings is 3. The second-order valence-electron chi connectivity index (χ2n) is 12.7. The molecule has 0 unspecified atom stereocenters. The van der Waals surface area contributed by atoms with E-state index < -0.39 is 23.7 Å². The summed E-state index contributed by atoms with van der Waals surface area (Å²) < 4.78 is 40.5. The van der Waals surface area contributed by atoms with E-state index in [-0.39, 0.29) is 35.9 Å². The summed E-state index contributed by atoms with van der Waals surface area (Å²) >= 11 is 0. The molecule has 3 aromatic rings. The zero-order valence-corrected chi connectivity index (χ0v) is 25.2. The van der Waals surface area contributed by atoms with E-state index in [2.05, 4.69) is 63.4 Å². The van der Waals surface area contributed by atoms with E-state index in [0.29, 0.717) is 29.1 Å². The molecule has 4 nitrogen and oxygen atoms in total. The van der Waals surface area contributed by atoms with Gasteiger partial charge in [-0.1, -0.05) is 95.1 Å². The normalized spacial score (nSPS) is 20.4. The van der Waals surface area contributed by atoms with E-state index in [4.69, 9.17) is 0 Å². The van der Waals surface area contributed by atoms with Crippen molar-refractivity contribution in [1.82, 2.24) is 0 Å². The monoisotopic (exact) mass is 588 g/mol. The number of amides is 1. The lowest BCUT2D eigenvalue weighted by Gasteiger charge is -2.38. The van der Waals surface area contributed by atoms with Gasteiger partial charge in [0.2, 0.25) is 5.91 Å². The largest absolute Gasteiger partial charge is 0.416 e. The standard InChI is InChI=1S/C36H39F3N2O2/c1-5-6-7-12-32(43)41-30-11-9-8-10-28(30)40-29-21-25(23-13-17-26(18-14-23)35(2,3)4)22-31(42)33(29)34(41)24-15-19-27(20-16-24)36(37,38)39/h8-11,13-21,25,33-34,40H,5-7,12,22H2,1-4H3/t25-,33-,34-/m0/s1. The first kappa shape index (κ1) is 30.6. The van der Waals surface area contributed by atoms with Crippen LogP contribution in [0.3, 0.4) is 0 Å². The number of alkyl halides is 3. The predicted molar refractivity (Wildman–Crippen MR) is 165 cm³/mol. The molecule has 2 aliphatic rings. The fourth-order valence-electron chi connectivity index (χ4n) is 6.20. The van der Waals surface area contributed by atoms with Crippen LogP contribution in [-0.2, 0) is 21.2 Å². The molecule has 43 heavy (non-hydrogen) atoms. The number of carbonyl (C=O) groups excluding carboxylic acids is 2. The third kappa shape index (κ3) is 6.41. The third-order valence-corrected chi connectivity index (χ3v) is 8.57. The van der Waals surface area contributed by atoms with Gasteiger partial charge in [0.1, 0.15) is 5.78 Å². The predicted octanol–water partition coefficient (Wildman–Crippen LogP) is 9.34.